The van der Waals surface area contributed by atoms with E-state index in [0.717, 1.165) is 0 Å². The fourth-order valence-corrected chi connectivity index (χ4v) is 2.32. The maximum absolute atomic E-state index is 12.2. The Bertz CT molecular complexity index is 654. The zero-order valence-corrected chi connectivity index (χ0v) is 12.7. The molecule has 0 saturated carbocycles. The summed E-state index contributed by atoms with van der Waals surface area (Å²) in [6.45, 7) is -0.0468. The molecule has 4 nitrogen and oxygen atoms in total. The minimum absolute atomic E-state index is 0.0468. The molecular formula is C15H13Cl2NO3. The minimum atomic E-state index is -0.596. The molecule has 2 aromatic carbocycles. The number of hydrogen-bond acceptors (Lipinski definition) is 4. The van der Waals surface area contributed by atoms with Crippen LogP contribution < -0.4 is 10.5 Å². The van der Waals surface area contributed by atoms with Crippen molar-refractivity contribution in [1.82, 2.24) is 0 Å². The van der Waals surface area contributed by atoms with Crippen LogP contribution in [0.3, 0.4) is 0 Å². The lowest BCUT2D eigenvalue weighted by atomic mass is 10.1. The second-order valence-corrected chi connectivity index (χ2v) is 5.02. The molecule has 21 heavy (non-hydrogen) atoms. The number of anilines is 1. The van der Waals surface area contributed by atoms with Gasteiger partial charge < -0.3 is 15.2 Å². The predicted molar refractivity (Wildman–Crippen MR) is 83.0 cm³/mol. The van der Waals surface area contributed by atoms with Crippen molar-refractivity contribution in [3.05, 3.63) is 57.6 Å². The van der Waals surface area contributed by atoms with E-state index in [1.165, 1.54) is 7.11 Å². The van der Waals surface area contributed by atoms with Crippen molar-refractivity contribution >= 4 is 34.9 Å². The second kappa shape index (κ2) is 6.70. The summed E-state index contributed by atoms with van der Waals surface area (Å²) in [7, 11) is 1.45. The number of hydrogen-bond donors (Lipinski definition) is 1. The first kappa shape index (κ1) is 15.5. The van der Waals surface area contributed by atoms with Gasteiger partial charge in [0.2, 0.25) is 0 Å². The zero-order chi connectivity index (χ0) is 15.4. The van der Waals surface area contributed by atoms with E-state index in [-0.39, 0.29) is 17.9 Å². The third kappa shape index (κ3) is 3.40. The van der Waals surface area contributed by atoms with Crippen LogP contribution in [0.2, 0.25) is 10.0 Å². The van der Waals surface area contributed by atoms with Crippen molar-refractivity contribution < 1.29 is 14.3 Å². The molecule has 2 aromatic rings. The summed E-state index contributed by atoms with van der Waals surface area (Å²) in [5.74, 6) is -0.244. The molecule has 0 amide bonds. The maximum atomic E-state index is 12.2. The molecule has 0 spiro atoms. The number of rotatable bonds is 4. The second-order valence-electron chi connectivity index (χ2n) is 4.20. The number of carbonyl (C=O) groups is 1. The van der Waals surface area contributed by atoms with Gasteiger partial charge in [-0.05, 0) is 24.3 Å². The average molecular weight is 326 g/mol. The number of methoxy groups -OCH3 is 1. The van der Waals surface area contributed by atoms with Crippen LogP contribution >= 0.6 is 23.2 Å². The molecular weight excluding hydrogens is 313 g/mol. The number of esters is 1. The Balaban J connectivity index is 2.20. The molecule has 0 unspecified atom stereocenters. The predicted octanol–water partition coefficient (Wildman–Crippen LogP) is 3.94. The van der Waals surface area contributed by atoms with Gasteiger partial charge in [-0.25, -0.2) is 4.79 Å². The molecule has 0 bridgehead atoms. The van der Waals surface area contributed by atoms with Gasteiger partial charge in [0.1, 0.15) is 17.9 Å². The van der Waals surface area contributed by atoms with E-state index >= 15 is 0 Å². The number of carbonyl (C=O) groups excluding carboxylic acids is 1. The van der Waals surface area contributed by atoms with Crippen LogP contribution in [0.1, 0.15) is 15.9 Å². The number of halogens is 2. The van der Waals surface area contributed by atoms with Crippen LogP contribution in [0, 0.1) is 0 Å². The molecule has 0 saturated heterocycles. The molecule has 0 fully saturated rings. The van der Waals surface area contributed by atoms with Gasteiger partial charge in [-0.1, -0.05) is 35.3 Å². The largest absolute Gasteiger partial charge is 0.496 e. The first-order chi connectivity index (χ1) is 10.0. The number of ether oxygens (including phenoxy) is 2. The quantitative estimate of drug-likeness (QED) is 0.683. The molecule has 2 rings (SSSR count). The summed E-state index contributed by atoms with van der Waals surface area (Å²) in [5.41, 5.74) is 6.80. The SMILES string of the molecule is COc1cccc(N)c1C(=O)OCc1c(Cl)cccc1Cl. The number of nitrogen functional groups attached to an aromatic ring is 1. The molecule has 0 aromatic heterocycles. The molecule has 0 heterocycles. The average Bonchev–Trinajstić information content (AvgIpc) is 2.46. The van der Waals surface area contributed by atoms with E-state index in [9.17, 15) is 4.79 Å². The maximum Gasteiger partial charge on any atom is 0.344 e. The first-order valence-corrected chi connectivity index (χ1v) is 6.82. The van der Waals surface area contributed by atoms with Gasteiger partial charge in [-0.15, -0.1) is 0 Å². The van der Waals surface area contributed by atoms with Gasteiger partial charge in [-0.3, -0.25) is 0 Å². The van der Waals surface area contributed by atoms with Crippen LogP contribution in [0.5, 0.6) is 5.75 Å². The highest BCUT2D eigenvalue weighted by atomic mass is 35.5. The van der Waals surface area contributed by atoms with Gasteiger partial charge in [0.05, 0.1) is 7.11 Å². The molecule has 2 N–H and O–H groups in total. The summed E-state index contributed by atoms with van der Waals surface area (Å²) in [4.78, 5) is 12.2. The van der Waals surface area contributed by atoms with Crippen LogP contribution in [-0.2, 0) is 11.3 Å². The Morgan fingerprint density at radius 1 is 1.14 bits per heavy atom. The van der Waals surface area contributed by atoms with E-state index in [1.807, 2.05) is 0 Å². The Hall–Kier alpha value is -1.91. The summed E-state index contributed by atoms with van der Waals surface area (Å²) < 4.78 is 10.3. The van der Waals surface area contributed by atoms with Gasteiger partial charge in [0.25, 0.3) is 0 Å². The monoisotopic (exact) mass is 325 g/mol. The molecule has 0 aliphatic heterocycles. The van der Waals surface area contributed by atoms with Gasteiger partial charge in [0.15, 0.2) is 0 Å². The third-order valence-corrected chi connectivity index (χ3v) is 3.60. The lowest BCUT2D eigenvalue weighted by Gasteiger charge is -2.12. The smallest absolute Gasteiger partial charge is 0.344 e. The molecule has 110 valence electrons. The first-order valence-electron chi connectivity index (χ1n) is 6.07. The Morgan fingerprint density at radius 2 is 1.76 bits per heavy atom. The topological polar surface area (TPSA) is 61.5 Å². The van der Waals surface area contributed by atoms with Gasteiger partial charge >= 0.3 is 5.97 Å². The van der Waals surface area contributed by atoms with Crippen molar-refractivity contribution in [3.8, 4) is 5.75 Å². The van der Waals surface area contributed by atoms with Crippen LogP contribution in [0.15, 0.2) is 36.4 Å². The molecule has 0 aliphatic rings. The van der Waals surface area contributed by atoms with Crippen molar-refractivity contribution in [3.63, 3.8) is 0 Å². The van der Waals surface area contributed by atoms with E-state index in [4.69, 9.17) is 38.4 Å². The summed E-state index contributed by atoms with van der Waals surface area (Å²) in [6.07, 6.45) is 0. The van der Waals surface area contributed by atoms with Crippen molar-refractivity contribution in [2.45, 2.75) is 6.61 Å². The summed E-state index contributed by atoms with van der Waals surface area (Å²) in [6, 6.07) is 9.99. The fraction of sp³-hybridized carbons (Fsp3) is 0.133. The summed E-state index contributed by atoms with van der Waals surface area (Å²) >= 11 is 12.0. The normalized spacial score (nSPS) is 10.2. The van der Waals surface area contributed by atoms with Crippen molar-refractivity contribution in [1.29, 1.82) is 0 Å². The lowest BCUT2D eigenvalue weighted by molar-refractivity contribution is 0.0470. The number of nitrogens with two attached hydrogens (primary N) is 1. The molecule has 0 atom stereocenters. The van der Waals surface area contributed by atoms with Crippen LogP contribution in [0.25, 0.3) is 0 Å². The van der Waals surface area contributed by atoms with E-state index < -0.39 is 5.97 Å². The summed E-state index contributed by atoms with van der Waals surface area (Å²) in [5, 5.41) is 0.867. The lowest BCUT2D eigenvalue weighted by Crippen LogP contribution is -2.10. The Kier molecular flexibility index (Phi) is 4.94. The highest BCUT2D eigenvalue weighted by molar-refractivity contribution is 6.35. The van der Waals surface area contributed by atoms with Crippen LogP contribution in [-0.4, -0.2) is 13.1 Å². The standard InChI is InChI=1S/C15H13Cl2NO3/c1-20-13-7-3-6-12(18)14(13)15(19)21-8-9-10(16)4-2-5-11(9)17/h2-7H,8,18H2,1H3. The van der Waals surface area contributed by atoms with Gasteiger partial charge in [-0.2, -0.15) is 0 Å². The molecule has 0 radical (unpaired) electrons. The van der Waals surface area contributed by atoms with E-state index in [1.54, 1.807) is 36.4 Å². The Labute approximate surface area is 132 Å². The highest BCUT2D eigenvalue weighted by Gasteiger charge is 2.18. The fourth-order valence-electron chi connectivity index (χ4n) is 1.82. The van der Waals surface area contributed by atoms with E-state index in [0.29, 0.717) is 21.4 Å². The number of benzene rings is 2. The van der Waals surface area contributed by atoms with Crippen molar-refractivity contribution in [2.24, 2.45) is 0 Å². The van der Waals surface area contributed by atoms with E-state index in [2.05, 4.69) is 0 Å². The zero-order valence-electron chi connectivity index (χ0n) is 11.2. The van der Waals surface area contributed by atoms with Crippen LogP contribution in [0.4, 0.5) is 5.69 Å². The highest BCUT2D eigenvalue weighted by Crippen LogP contribution is 2.28. The van der Waals surface area contributed by atoms with Gasteiger partial charge in [0, 0.05) is 21.3 Å². The van der Waals surface area contributed by atoms with Crippen molar-refractivity contribution in [2.75, 3.05) is 12.8 Å². The molecule has 0 aliphatic carbocycles. The molecule has 6 heteroatoms. The minimum Gasteiger partial charge on any atom is -0.496 e. The Morgan fingerprint density at radius 3 is 2.38 bits per heavy atom. The third-order valence-electron chi connectivity index (χ3n) is 2.89.